The number of halogens is 1. The number of hydrogen-bond acceptors (Lipinski definition) is 5. The van der Waals surface area contributed by atoms with Gasteiger partial charge in [0.25, 0.3) is 0 Å². The molecule has 2 heterocycles. The predicted molar refractivity (Wildman–Crippen MR) is 80.0 cm³/mol. The van der Waals surface area contributed by atoms with Gasteiger partial charge in [0.2, 0.25) is 5.13 Å². The van der Waals surface area contributed by atoms with Gasteiger partial charge in [-0.15, -0.1) is 11.3 Å². The summed E-state index contributed by atoms with van der Waals surface area (Å²) in [7, 11) is 0. The zero-order valence-corrected chi connectivity index (χ0v) is 13.2. The highest BCUT2D eigenvalue weighted by Gasteiger charge is 2.20. The fraction of sp³-hybridized carbons (Fsp3) is 0.500. The Labute approximate surface area is 120 Å². The second-order valence-electron chi connectivity index (χ2n) is 5.18. The van der Waals surface area contributed by atoms with Crippen molar-refractivity contribution in [2.24, 2.45) is 0 Å². The van der Waals surface area contributed by atoms with Gasteiger partial charge in [0, 0.05) is 21.8 Å². The Bertz CT molecular complexity index is 527. The normalized spacial score (nSPS) is 13.6. The summed E-state index contributed by atoms with van der Waals surface area (Å²) in [6.07, 6.45) is 0. The van der Waals surface area contributed by atoms with Crippen molar-refractivity contribution in [3.05, 3.63) is 27.2 Å². The van der Waals surface area contributed by atoms with Crippen molar-refractivity contribution in [2.75, 3.05) is 5.32 Å². The van der Waals surface area contributed by atoms with E-state index in [1.165, 1.54) is 16.4 Å². The number of nitrogens with one attached hydrogen (secondary N) is 1. The smallest absolute Gasteiger partial charge is 0.203 e. The van der Waals surface area contributed by atoms with Crippen molar-refractivity contribution in [1.82, 2.24) is 9.36 Å². The minimum atomic E-state index is -0.00803. The number of nitrogens with zero attached hydrogens (tertiary/aromatic N) is 2. The topological polar surface area (TPSA) is 37.8 Å². The molecule has 0 saturated heterocycles. The van der Waals surface area contributed by atoms with Crippen LogP contribution in [0.5, 0.6) is 0 Å². The summed E-state index contributed by atoms with van der Waals surface area (Å²) >= 11 is 8.93. The fourth-order valence-electron chi connectivity index (χ4n) is 1.40. The van der Waals surface area contributed by atoms with Crippen LogP contribution in [0.2, 0.25) is 4.34 Å². The molecule has 2 rings (SSSR count). The van der Waals surface area contributed by atoms with Gasteiger partial charge in [-0.1, -0.05) is 32.4 Å². The molecular formula is C12H16ClN3S2. The van der Waals surface area contributed by atoms with Crippen molar-refractivity contribution in [3.8, 4) is 0 Å². The third kappa shape index (κ3) is 3.22. The molecule has 1 unspecified atom stereocenters. The van der Waals surface area contributed by atoms with Gasteiger partial charge in [0.05, 0.1) is 10.4 Å². The summed E-state index contributed by atoms with van der Waals surface area (Å²) in [5.74, 6) is 0.881. The van der Waals surface area contributed by atoms with Gasteiger partial charge >= 0.3 is 0 Å². The van der Waals surface area contributed by atoms with E-state index in [0.717, 1.165) is 15.3 Å². The maximum Gasteiger partial charge on any atom is 0.203 e. The quantitative estimate of drug-likeness (QED) is 0.891. The first-order chi connectivity index (χ1) is 8.36. The van der Waals surface area contributed by atoms with Crippen LogP contribution in [-0.4, -0.2) is 9.36 Å². The molecule has 0 aliphatic carbocycles. The first kappa shape index (κ1) is 13.8. The predicted octanol–water partition coefficient (Wildman–Crippen LogP) is 4.72. The highest BCUT2D eigenvalue weighted by molar-refractivity contribution is 7.16. The van der Waals surface area contributed by atoms with Crippen molar-refractivity contribution < 1.29 is 0 Å². The molecule has 0 saturated carbocycles. The molecule has 0 aromatic carbocycles. The zero-order valence-electron chi connectivity index (χ0n) is 10.8. The summed E-state index contributed by atoms with van der Waals surface area (Å²) in [6, 6.07) is 4.15. The average Bonchev–Trinajstić information content (AvgIpc) is 2.85. The molecule has 0 bridgehead atoms. The minimum absolute atomic E-state index is 0.00803. The first-order valence-electron chi connectivity index (χ1n) is 5.72. The summed E-state index contributed by atoms with van der Waals surface area (Å²) < 4.78 is 5.20. The van der Waals surface area contributed by atoms with Crippen LogP contribution in [0.15, 0.2) is 12.1 Å². The minimum Gasteiger partial charge on any atom is -0.353 e. The second kappa shape index (κ2) is 5.15. The van der Waals surface area contributed by atoms with E-state index in [1.807, 2.05) is 12.1 Å². The number of rotatable bonds is 3. The van der Waals surface area contributed by atoms with Gasteiger partial charge in [-0.25, -0.2) is 4.98 Å². The standard InChI is InChI=1S/C12H16ClN3S2/c1-7(8-5-6-9(13)17-8)14-11-15-10(16-18-11)12(2,3)4/h5-7H,1-4H3,(H,14,15,16). The molecule has 1 atom stereocenters. The van der Waals surface area contributed by atoms with Crippen LogP contribution in [0, 0.1) is 0 Å². The number of anilines is 1. The lowest BCUT2D eigenvalue weighted by atomic mass is 9.96. The van der Waals surface area contributed by atoms with Gasteiger partial charge in [-0.2, -0.15) is 4.37 Å². The van der Waals surface area contributed by atoms with E-state index in [9.17, 15) is 0 Å². The SMILES string of the molecule is CC(Nc1nc(C(C)(C)C)ns1)c1ccc(Cl)s1. The van der Waals surface area contributed by atoms with E-state index in [1.54, 1.807) is 11.3 Å². The van der Waals surface area contributed by atoms with Gasteiger partial charge < -0.3 is 5.32 Å². The van der Waals surface area contributed by atoms with Crippen LogP contribution in [-0.2, 0) is 5.41 Å². The van der Waals surface area contributed by atoms with Crippen LogP contribution < -0.4 is 5.32 Å². The fourth-order valence-corrected chi connectivity index (χ4v) is 3.31. The summed E-state index contributed by atoms with van der Waals surface area (Å²) in [5.41, 5.74) is -0.00803. The third-order valence-corrected chi connectivity index (χ3v) is 4.52. The maximum absolute atomic E-state index is 5.94. The Morgan fingerprint density at radius 1 is 1.33 bits per heavy atom. The van der Waals surface area contributed by atoms with Crippen molar-refractivity contribution >= 4 is 39.6 Å². The van der Waals surface area contributed by atoms with E-state index in [4.69, 9.17) is 11.6 Å². The van der Waals surface area contributed by atoms with Crippen molar-refractivity contribution in [3.63, 3.8) is 0 Å². The summed E-state index contributed by atoms with van der Waals surface area (Å²) in [5, 5.41) is 4.22. The molecule has 1 N–H and O–H groups in total. The Morgan fingerprint density at radius 3 is 2.56 bits per heavy atom. The van der Waals surface area contributed by atoms with Crippen LogP contribution in [0.25, 0.3) is 0 Å². The third-order valence-electron chi connectivity index (χ3n) is 2.46. The summed E-state index contributed by atoms with van der Waals surface area (Å²) in [4.78, 5) is 5.72. The molecule has 0 radical (unpaired) electrons. The Morgan fingerprint density at radius 2 is 2.06 bits per heavy atom. The van der Waals surface area contributed by atoms with Gasteiger partial charge in [0.1, 0.15) is 5.82 Å². The van der Waals surface area contributed by atoms with Crippen LogP contribution in [0.4, 0.5) is 5.13 Å². The molecule has 18 heavy (non-hydrogen) atoms. The highest BCUT2D eigenvalue weighted by atomic mass is 35.5. The highest BCUT2D eigenvalue weighted by Crippen LogP contribution is 2.30. The lowest BCUT2D eigenvalue weighted by molar-refractivity contribution is 0.555. The van der Waals surface area contributed by atoms with Crippen molar-refractivity contribution in [1.29, 1.82) is 0 Å². The van der Waals surface area contributed by atoms with Gasteiger partial charge in [-0.3, -0.25) is 0 Å². The summed E-state index contributed by atoms with van der Waals surface area (Å²) in [6.45, 7) is 8.43. The van der Waals surface area contributed by atoms with Crippen LogP contribution in [0.3, 0.4) is 0 Å². The molecule has 0 spiro atoms. The Balaban J connectivity index is 2.08. The lowest BCUT2D eigenvalue weighted by Crippen LogP contribution is -2.13. The molecule has 0 aliphatic rings. The second-order valence-corrected chi connectivity index (χ2v) is 7.68. The van der Waals surface area contributed by atoms with Gasteiger partial charge in [0.15, 0.2) is 0 Å². The van der Waals surface area contributed by atoms with E-state index < -0.39 is 0 Å². The maximum atomic E-state index is 5.94. The number of thiophene rings is 1. The molecule has 2 aromatic heterocycles. The average molecular weight is 302 g/mol. The van der Waals surface area contributed by atoms with E-state index in [0.29, 0.717) is 0 Å². The molecule has 0 aliphatic heterocycles. The van der Waals surface area contributed by atoms with Gasteiger partial charge in [-0.05, 0) is 19.1 Å². The molecular weight excluding hydrogens is 286 g/mol. The molecule has 98 valence electrons. The van der Waals surface area contributed by atoms with E-state index in [2.05, 4.69) is 42.4 Å². The van der Waals surface area contributed by atoms with Crippen LogP contribution in [0.1, 0.15) is 44.4 Å². The van der Waals surface area contributed by atoms with Crippen molar-refractivity contribution in [2.45, 2.75) is 39.2 Å². The molecule has 0 amide bonds. The number of aromatic nitrogens is 2. The first-order valence-corrected chi connectivity index (χ1v) is 7.69. The monoisotopic (exact) mass is 301 g/mol. The number of hydrogen-bond donors (Lipinski definition) is 1. The Hall–Kier alpha value is -0.650. The molecule has 0 fully saturated rings. The zero-order chi connectivity index (χ0) is 13.3. The van der Waals surface area contributed by atoms with Crippen LogP contribution >= 0.6 is 34.5 Å². The lowest BCUT2D eigenvalue weighted by Gasteiger charge is -2.13. The van der Waals surface area contributed by atoms with E-state index >= 15 is 0 Å². The molecule has 2 aromatic rings. The van der Waals surface area contributed by atoms with E-state index in [-0.39, 0.29) is 11.5 Å². The molecule has 6 heteroatoms. The molecule has 3 nitrogen and oxygen atoms in total. The largest absolute Gasteiger partial charge is 0.353 e. The Kier molecular flexibility index (Phi) is 3.94.